The van der Waals surface area contributed by atoms with Crippen LogP contribution in [0.15, 0.2) is 60.7 Å². The topological polar surface area (TPSA) is 22.1 Å². The van der Waals surface area contributed by atoms with Crippen LogP contribution >= 0.6 is 0 Å². The average Bonchev–Trinajstić information content (AvgIpc) is 2.65. The lowest BCUT2D eigenvalue weighted by atomic mass is 9.92. The van der Waals surface area contributed by atoms with Gasteiger partial charge in [-0.3, -0.25) is 0 Å². The van der Waals surface area contributed by atoms with E-state index in [1.807, 2.05) is 24.3 Å². The van der Waals surface area contributed by atoms with Crippen LogP contribution in [-0.4, -0.2) is 4.98 Å². The zero-order valence-electron chi connectivity index (χ0n) is 14.5. The normalized spacial score (nSPS) is 12.2. The first-order valence-electron chi connectivity index (χ1n) is 8.87. The van der Waals surface area contributed by atoms with Crippen molar-refractivity contribution >= 4 is 10.9 Å². The quantitative estimate of drug-likeness (QED) is 0.524. The first kappa shape index (κ1) is 16.5. The van der Waals surface area contributed by atoms with Crippen LogP contribution in [-0.2, 0) is 6.61 Å². The number of ether oxygens (including phenoxy) is 1. The van der Waals surface area contributed by atoms with Crippen LogP contribution in [0.1, 0.15) is 50.3 Å². The van der Waals surface area contributed by atoms with E-state index in [0.29, 0.717) is 12.5 Å². The minimum Gasteiger partial charge on any atom is -0.487 e. The molecule has 0 bridgehead atoms. The highest BCUT2D eigenvalue weighted by Gasteiger charge is 2.08. The summed E-state index contributed by atoms with van der Waals surface area (Å²) in [6.07, 6.45) is 3.66. The molecule has 1 atom stereocenters. The van der Waals surface area contributed by atoms with Crippen LogP contribution < -0.4 is 4.74 Å². The Morgan fingerprint density at radius 2 is 1.71 bits per heavy atom. The lowest BCUT2D eigenvalue weighted by molar-refractivity contribution is 0.301. The molecule has 0 aliphatic carbocycles. The van der Waals surface area contributed by atoms with Gasteiger partial charge in [-0.2, -0.15) is 0 Å². The molecule has 2 nitrogen and oxygen atoms in total. The molecule has 0 spiro atoms. The molecule has 1 unspecified atom stereocenters. The summed E-state index contributed by atoms with van der Waals surface area (Å²) in [7, 11) is 0. The molecule has 0 aliphatic rings. The Kier molecular flexibility index (Phi) is 5.47. The fourth-order valence-corrected chi connectivity index (χ4v) is 3.14. The van der Waals surface area contributed by atoms with Gasteiger partial charge in [-0.1, -0.05) is 56.7 Å². The molecular weight excluding hydrogens is 294 g/mol. The molecule has 24 heavy (non-hydrogen) atoms. The number of fused-ring (bicyclic) bond motifs is 1. The monoisotopic (exact) mass is 319 g/mol. The molecule has 0 amide bonds. The number of nitrogens with zero attached hydrogens (tertiary/aromatic N) is 1. The largest absolute Gasteiger partial charge is 0.487 e. The predicted octanol–water partition coefficient (Wildman–Crippen LogP) is 6.11. The molecule has 1 heterocycles. The molecule has 0 saturated heterocycles. The molecule has 3 rings (SSSR count). The fourth-order valence-electron chi connectivity index (χ4n) is 3.14. The zero-order valence-corrected chi connectivity index (χ0v) is 14.5. The third-order valence-corrected chi connectivity index (χ3v) is 4.52. The second kappa shape index (κ2) is 7.96. The Morgan fingerprint density at radius 3 is 2.46 bits per heavy atom. The number of benzene rings is 2. The maximum absolute atomic E-state index is 5.91. The van der Waals surface area contributed by atoms with E-state index in [0.717, 1.165) is 22.3 Å². The van der Waals surface area contributed by atoms with Crippen molar-refractivity contribution in [1.82, 2.24) is 4.98 Å². The van der Waals surface area contributed by atoms with Crippen LogP contribution in [0.3, 0.4) is 0 Å². The molecular formula is C22H25NO. The first-order valence-corrected chi connectivity index (χ1v) is 8.87. The van der Waals surface area contributed by atoms with Crippen LogP contribution in [0.25, 0.3) is 10.9 Å². The second-order valence-electron chi connectivity index (χ2n) is 6.25. The third kappa shape index (κ3) is 3.94. The van der Waals surface area contributed by atoms with E-state index in [-0.39, 0.29) is 0 Å². The summed E-state index contributed by atoms with van der Waals surface area (Å²) in [5, 5.41) is 1.16. The summed E-state index contributed by atoms with van der Waals surface area (Å²) in [5.74, 6) is 1.56. The molecule has 124 valence electrons. The fraction of sp³-hybridized carbons (Fsp3) is 0.318. The van der Waals surface area contributed by atoms with Crippen molar-refractivity contribution in [1.29, 1.82) is 0 Å². The molecule has 0 radical (unpaired) electrons. The van der Waals surface area contributed by atoms with Gasteiger partial charge in [0.15, 0.2) is 0 Å². The van der Waals surface area contributed by atoms with Gasteiger partial charge in [-0.25, -0.2) is 4.98 Å². The van der Waals surface area contributed by atoms with Gasteiger partial charge in [0.25, 0.3) is 0 Å². The summed E-state index contributed by atoms with van der Waals surface area (Å²) in [5.41, 5.74) is 3.38. The Hall–Kier alpha value is -2.35. The molecule has 0 saturated carbocycles. The van der Waals surface area contributed by atoms with Crippen molar-refractivity contribution in [3.05, 3.63) is 71.9 Å². The molecule has 2 heteroatoms. The van der Waals surface area contributed by atoms with E-state index in [2.05, 4.69) is 55.2 Å². The first-order chi connectivity index (χ1) is 11.8. The molecule has 1 aromatic heterocycles. The smallest absolute Gasteiger partial charge is 0.130 e. The van der Waals surface area contributed by atoms with Gasteiger partial charge in [0.2, 0.25) is 0 Å². The summed E-state index contributed by atoms with van der Waals surface area (Å²) < 4.78 is 5.91. The van der Waals surface area contributed by atoms with Crippen molar-refractivity contribution in [2.45, 2.75) is 45.6 Å². The Bertz CT molecular complexity index is 779. The molecule has 0 fully saturated rings. The SMILES string of the molecule is CCCC(CC)c1ccc(OCc2ccc3ccccc3n2)cc1. The van der Waals surface area contributed by atoms with Crippen molar-refractivity contribution in [2.75, 3.05) is 0 Å². The number of pyridine rings is 1. The second-order valence-corrected chi connectivity index (χ2v) is 6.25. The molecule has 0 N–H and O–H groups in total. The molecule has 3 aromatic rings. The van der Waals surface area contributed by atoms with Gasteiger partial charge >= 0.3 is 0 Å². The Labute approximate surface area is 144 Å². The minimum atomic E-state index is 0.496. The van der Waals surface area contributed by atoms with Crippen molar-refractivity contribution in [2.24, 2.45) is 0 Å². The maximum atomic E-state index is 5.91. The maximum Gasteiger partial charge on any atom is 0.130 e. The highest BCUT2D eigenvalue weighted by atomic mass is 16.5. The van der Waals surface area contributed by atoms with Gasteiger partial charge in [0.05, 0.1) is 11.2 Å². The van der Waals surface area contributed by atoms with E-state index < -0.39 is 0 Å². The summed E-state index contributed by atoms with van der Waals surface area (Å²) in [4.78, 5) is 4.65. The third-order valence-electron chi connectivity index (χ3n) is 4.52. The highest BCUT2D eigenvalue weighted by molar-refractivity contribution is 5.78. The number of rotatable bonds is 7. The van der Waals surface area contributed by atoms with Crippen LogP contribution in [0.4, 0.5) is 0 Å². The highest BCUT2D eigenvalue weighted by Crippen LogP contribution is 2.26. The van der Waals surface area contributed by atoms with E-state index in [1.54, 1.807) is 0 Å². The van der Waals surface area contributed by atoms with Gasteiger partial charge in [0, 0.05) is 5.39 Å². The summed E-state index contributed by atoms with van der Waals surface area (Å²) >= 11 is 0. The lowest BCUT2D eigenvalue weighted by Crippen LogP contribution is -2.00. The van der Waals surface area contributed by atoms with Crippen LogP contribution in [0.2, 0.25) is 0 Å². The number of aromatic nitrogens is 1. The van der Waals surface area contributed by atoms with Gasteiger partial charge in [0.1, 0.15) is 12.4 Å². The Balaban J connectivity index is 1.65. The average molecular weight is 319 g/mol. The number of hydrogen-bond donors (Lipinski definition) is 0. The van der Waals surface area contributed by atoms with E-state index in [4.69, 9.17) is 4.74 Å². The molecule has 2 aromatic carbocycles. The standard InChI is InChI=1S/C22H25NO/c1-3-7-17(4-2)18-11-14-21(15-12-18)24-16-20-13-10-19-8-5-6-9-22(19)23-20/h5-6,8-15,17H,3-4,7,16H2,1-2H3. The van der Waals surface area contributed by atoms with Gasteiger partial charge in [-0.15, -0.1) is 0 Å². The van der Waals surface area contributed by atoms with Crippen molar-refractivity contribution < 1.29 is 4.74 Å². The van der Waals surface area contributed by atoms with Gasteiger partial charge < -0.3 is 4.74 Å². The molecule has 0 aliphatic heterocycles. The number of hydrogen-bond acceptors (Lipinski definition) is 2. The Morgan fingerprint density at radius 1 is 0.917 bits per heavy atom. The summed E-state index contributed by atoms with van der Waals surface area (Å²) in [6.45, 7) is 5.00. The van der Waals surface area contributed by atoms with E-state index >= 15 is 0 Å². The van der Waals surface area contributed by atoms with Crippen LogP contribution in [0.5, 0.6) is 5.75 Å². The van der Waals surface area contributed by atoms with Crippen LogP contribution in [0, 0.1) is 0 Å². The minimum absolute atomic E-state index is 0.496. The lowest BCUT2D eigenvalue weighted by Gasteiger charge is -2.15. The van der Waals surface area contributed by atoms with Crippen molar-refractivity contribution in [3.8, 4) is 5.75 Å². The van der Waals surface area contributed by atoms with Crippen molar-refractivity contribution in [3.63, 3.8) is 0 Å². The predicted molar refractivity (Wildman–Crippen MR) is 100 cm³/mol. The van der Waals surface area contributed by atoms with E-state index in [9.17, 15) is 0 Å². The summed E-state index contributed by atoms with van der Waals surface area (Å²) in [6, 6.07) is 20.8. The van der Waals surface area contributed by atoms with E-state index in [1.165, 1.54) is 24.8 Å². The van der Waals surface area contributed by atoms with Gasteiger partial charge in [-0.05, 0) is 48.6 Å². The zero-order chi connectivity index (χ0) is 16.8. The number of para-hydroxylation sites is 1.